The number of halogens is 1. The molecule has 2 N–H and O–H groups in total. The fourth-order valence-corrected chi connectivity index (χ4v) is 4.22. The van der Waals surface area contributed by atoms with Gasteiger partial charge in [0.25, 0.3) is 5.91 Å². The van der Waals surface area contributed by atoms with Crippen molar-refractivity contribution < 1.29 is 9.18 Å². The molecule has 0 aliphatic carbocycles. The van der Waals surface area contributed by atoms with E-state index in [9.17, 15) is 9.18 Å². The predicted octanol–water partition coefficient (Wildman–Crippen LogP) is 3.24. The number of aromatic nitrogens is 4. The first-order chi connectivity index (χ1) is 15.0. The van der Waals surface area contributed by atoms with Crippen LogP contribution in [0.2, 0.25) is 0 Å². The summed E-state index contributed by atoms with van der Waals surface area (Å²) in [6.45, 7) is 2.69. The van der Waals surface area contributed by atoms with Crippen molar-refractivity contribution in [3.8, 4) is 11.4 Å². The van der Waals surface area contributed by atoms with Crippen LogP contribution in [0.4, 0.5) is 4.39 Å². The first-order valence-electron chi connectivity index (χ1n) is 9.36. The molecule has 0 spiro atoms. The number of carbonyl (C=O) groups is 1. The molecule has 0 saturated heterocycles. The summed E-state index contributed by atoms with van der Waals surface area (Å²) < 4.78 is 16.3. The molecule has 0 bridgehead atoms. The van der Waals surface area contributed by atoms with Crippen LogP contribution in [0.25, 0.3) is 11.4 Å². The molecule has 0 atom stereocenters. The monoisotopic (exact) mass is 454 g/mol. The third kappa shape index (κ3) is 5.09. The normalized spacial score (nSPS) is 11.7. The largest absolute Gasteiger partial charge is 0.335 e. The summed E-state index contributed by atoms with van der Waals surface area (Å²) in [4.78, 5) is 17.3. The Labute approximate surface area is 186 Å². The van der Waals surface area contributed by atoms with Gasteiger partial charge in [-0.15, -0.1) is 21.5 Å². The number of hydrogen-bond donors (Lipinski definition) is 1. The average molecular weight is 455 g/mol. The number of nitrogen functional groups attached to an aromatic ring is 1. The molecule has 158 valence electrons. The lowest BCUT2D eigenvalue weighted by Gasteiger charge is -2.04. The molecule has 1 amide bonds. The molecule has 4 rings (SSSR count). The van der Waals surface area contributed by atoms with E-state index in [0.717, 1.165) is 17.3 Å². The van der Waals surface area contributed by atoms with Gasteiger partial charge in [0.15, 0.2) is 10.6 Å². The fourth-order valence-electron chi connectivity index (χ4n) is 2.83. The van der Waals surface area contributed by atoms with Crippen molar-refractivity contribution in [2.75, 3.05) is 11.6 Å². The summed E-state index contributed by atoms with van der Waals surface area (Å²) in [7, 11) is 0. The predicted molar refractivity (Wildman–Crippen MR) is 119 cm³/mol. The molecule has 0 unspecified atom stereocenters. The number of thioether (sulfide) groups is 1. The number of rotatable bonds is 6. The van der Waals surface area contributed by atoms with E-state index in [-0.39, 0.29) is 17.5 Å². The molecule has 0 saturated carbocycles. The fraction of sp³-hybridized carbons (Fsp3) is 0.143. The minimum absolute atomic E-state index is 0.0706. The molecule has 7 nitrogen and oxygen atoms in total. The second kappa shape index (κ2) is 9.27. The van der Waals surface area contributed by atoms with E-state index >= 15 is 0 Å². The lowest BCUT2D eigenvalue weighted by molar-refractivity contribution is -0.115. The van der Waals surface area contributed by atoms with Crippen molar-refractivity contribution in [3.05, 3.63) is 81.9 Å². The molecule has 2 aromatic heterocycles. The molecule has 10 heteroatoms. The molecular formula is C21H19FN6OS2. The van der Waals surface area contributed by atoms with Crippen molar-refractivity contribution in [2.24, 2.45) is 4.99 Å². The van der Waals surface area contributed by atoms with E-state index in [2.05, 4.69) is 39.5 Å². The van der Waals surface area contributed by atoms with Crippen molar-refractivity contribution >= 4 is 29.0 Å². The van der Waals surface area contributed by atoms with Crippen LogP contribution in [0.5, 0.6) is 0 Å². The van der Waals surface area contributed by atoms with E-state index < -0.39 is 0 Å². The third-order valence-electron chi connectivity index (χ3n) is 4.45. The van der Waals surface area contributed by atoms with Crippen molar-refractivity contribution in [1.29, 1.82) is 0 Å². The maximum absolute atomic E-state index is 13.1. The van der Waals surface area contributed by atoms with Crippen LogP contribution in [0.3, 0.4) is 0 Å². The maximum Gasteiger partial charge on any atom is 0.258 e. The minimum atomic E-state index is -0.346. The van der Waals surface area contributed by atoms with E-state index in [1.54, 1.807) is 12.1 Å². The SMILES string of the molecule is Cc1ccc(Cn2ccsc2=NC(=O)CSc2nnc(-c3ccc(F)cc3)n2N)cc1. The molecule has 4 aromatic rings. The molecule has 31 heavy (non-hydrogen) atoms. The average Bonchev–Trinajstić information content (AvgIpc) is 3.35. The quantitative estimate of drug-likeness (QED) is 0.357. The van der Waals surface area contributed by atoms with Crippen LogP contribution in [-0.4, -0.2) is 31.1 Å². The molecule has 0 radical (unpaired) electrons. The number of amides is 1. The van der Waals surface area contributed by atoms with Gasteiger partial charge in [0.1, 0.15) is 5.82 Å². The van der Waals surface area contributed by atoms with E-state index in [1.807, 2.05) is 23.1 Å². The minimum Gasteiger partial charge on any atom is -0.335 e. The highest BCUT2D eigenvalue weighted by atomic mass is 32.2. The van der Waals surface area contributed by atoms with Crippen LogP contribution in [0.15, 0.2) is 70.3 Å². The molecule has 0 aliphatic rings. The van der Waals surface area contributed by atoms with Crippen LogP contribution in [0.1, 0.15) is 11.1 Å². The number of benzene rings is 2. The van der Waals surface area contributed by atoms with Gasteiger partial charge in [-0.1, -0.05) is 41.6 Å². The Balaban J connectivity index is 1.43. The van der Waals surface area contributed by atoms with Gasteiger partial charge >= 0.3 is 0 Å². The second-order valence-electron chi connectivity index (χ2n) is 6.78. The summed E-state index contributed by atoms with van der Waals surface area (Å²) in [5, 5.41) is 10.3. The number of nitrogens with two attached hydrogens (primary N) is 1. The smallest absolute Gasteiger partial charge is 0.258 e. The molecule has 0 aliphatic heterocycles. The Morgan fingerprint density at radius 3 is 2.65 bits per heavy atom. The Morgan fingerprint density at radius 1 is 1.16 bits per heavy atom. The van der Waals surface area contributed by atoms with Gasteiger partial charge in [-0.3, -0.25) is 4.79 Å². The van der Waals surface area contributed by atoms with E-state index in [0.29, 0.717) is 27.9 Å². The third-order valence-corrected chi connectivity index (χ3v) is 6.17. The van der Waals surface area contributed by atoms with Gasteiger partial charge in [0.2, 0.25) is 5.16 Å². The zero-order chi connectivity index (χ0) is 21.8. The zero-order valence-electron chi connectivity index (χ0n) is 16.6. The topological polar surface area (TPSA) is 91.1 Å². The molecule has 0 fully saturated rings. The molecule has 2 aromatic carbocycles. The summed E-state index contributed by atoms with van der Waals surface area (Å²) in [6.07, 6.45) is 1.91. The van der Waals surface area contributed by atoms with Gasteiger partial charge in [0.05, 0.1) is 5.75 Å². The van der Waals surface area contributed by atoms with Gasteiger partial charge in [-0.05, 0) is 36.8 Å². The van der Waals surface area contributed by atoms with Crippen LogP contribution in [-0.2, 0) is 11.3 Å². The lowest BCUT2D eigenvalue weighted by atomic mass is 10.1. The van der Waals surface area contributed by atoms with E-state index in [4.69, 9.17) is 5.84 Å². The summed E-state index contributed by atoms with van der Waals surface area (Å²) in [5.41, 5.74) is 2.97. The maximum atomic E-state index is 13.1. The summed E-state index contributed by atoms with van der Waals surface area (Å²) >= 11 is 2.55. The van der Waals surface area contributed by atoms with Crippen LogP contribution < -0.4 is 10.6 Å². The summed E-state index contributed by atoms with van der Waals surface area (Å²) in [5.74, 6) is 5.87. The standard InChI is InChI=1S/C21H19FN6OS2/c1-14-2-4-15(5-3-14)12-27-10-11-30-20(27)24-18(29)13-31-21-26-25-19(28(21)23)16-6-8-17(22)9-7-16/h2-11H,12-13,23H2,1H3. The number of carbonyl (C=O) groups excluding carboxylic acids is 1. The van der Waals surface area contributed by atoms with Gasteiger partial charge in [-0.2, -0.15) is 4.99 Å². The second-order valence-corrected chi connectivity index (χ2v) is 8.59. The number of aryl methyl sites for hydroxylation is 1. The van der Waals surface area contributed by atoms with E-state index in [1.165, 1.54) is 33.7 Å². The van der Waals surface area contributed by atoms with Gasteiger partial charge < -0.3 is 10.4 Å². The Morgan fingerprint density at radius 2 is 1.90 bits per heavy atom. The number of nitrogens with zero attached hydrogens (tertiary/aromatic N) is 5. The van der Waals surface area contributed by atoms with Crippen molar-refractivity contribution in [3.63, 3.8) is 0 Å². The first-order valence-corrected chi connectivity index (χ1v) is 11.2. The Bertz CT molecular complexity index is 1260. The van der Waals surface area contributed by atoms with Crippen LogP contribution in [0, 0.1) is 12.7 Å². The number of thiazole rings is 1. The van der Waals surface area contributed by atoms with Crippen molar-refractivity contribution in [2.45, 2.75) is 18.6 Å². The molecular weight excluding hydrogens is 435 g/mol. The highest BCUT2D eigenvalue weighted by Crippen LogP contribution is 2.21. The molecule has 2 heterocycles. The zero-order valence-corrected chi connectivity index (χ0v) is 18.2. The van der Waals surface area contributed by atoms with Crippen LogP contribution >= 0.6 is 23.1 Å². The number of hydrogen-bond acceptors (Lipinski definition) is 6. The van der Waals surface area contributed by atoms with Crippen molar-refractivity contribution in [1.82, 2.24) is 19.4 Å². The van der Waals surface area contributed by atoms with Gasteiger partial charge in [0, 0.05) is 23.7 Å². The highest BCUT2D eigenvalue weighted by molar-refractivity contribution is 7.99. The highest BCUT2D eigenvalue weighted by Gasteiger charge is 2.14. The summed E-state index contributed by atoms with van der Waals surface area (Å²) in [6, 6.07) is 14.0. The van der Waals surface area contributed by atoms with Gasteiger partial charge in [-0.25, -0.2) is 9.07 Å². The Hall–Kier alpha value is -3.24. The first kappa shape index (κ1) is 21.0. The Kier molecular flexibility index (Phi) is 6.28. The lowest BCUT2D eigenvalue weighted by Crippen LogP contribution is -2.18.